The Morgan fingerprint density at radius 2 is 1.71 bits per heavy atom. The first-order valence-corrected chi connectivity index (χ1v) is 5.45. The maximum Gasteiger partial charge on any atom is 0.361 e. The fourth-order valence-electron chi connectivity index (χ4n) is 4.45. The quantitative estimate of drug-likeness (QED) is 0.685. The van der Waals surface area contributed by atoms with Crippen molar-refractivity contribution >= 4 is 5.97 Å². The van der Waals surface area contributed by atoms with Crippen LogP contribution in [0.5, 0.6) is 0 Å². The summed E-state index contributed by atoms with van der Waals surface area (Å²) >= 11 is 0. The molecule has 2 unspecified atom stereocenters. The molecule has 0 aliphatic heterocycles. The molecule has 0 aromatic rings. The van der Waals surface area contributed by atoms with Crippen molar-refractivity contribution in [2.24, 2.45) is 17.3 Å². The Labute approximate surface area is 83.1 Å². The summed E-state index contributed by atoms with van der Waals surface area (Å²) in [6.07, 6.45) is 4.69. The highest BCUT2D eigenvalue weighted by atomic mass is 16.4. The molecule has 0 amide bonds. The van der Waals surface area contributed by atoms with Gasteiger partial charge in [0.1, 0.15) is 0 Å². The van der Waals surface area contributed by atoms with Crippen molar-refractivity contribution in [1.82, 2.24) is 0 Å². The minimum absolute atomic E-state index is 0.430. The average molecular weight is 195 g/mol. The molecule has 4 aliphatic rings. The molecular formula is C11H15O3. The van der Waals surface area contributed by atoms with Crippen LogP contribution in [0.1, 0.15) is 38.5 Å². The SMILES string of the molecule is [O]C(=O)C12CC3CC(CC(O)(C3)C1)C2. The van der Waals surface area contributed by atoms with Gasteiger partial charge in [-0.2, -0.15) is 0 Å². The number of carbonyl (C=O) groups excluding carboxylic acids is 1. The van der Waals surface area contributed by atoms with E-state index in [-0.39, 0.29) is 0 Å². The summed E-state index contributed by atoms with van der Waals surface area (Å²) in [6, 6.07) is 0. The van der Waals surface area contributed by atoms with Crippen molar-refractivity contribution in [2.75, 3.05) is 0 Å². The summed E-state index contributed by atoms with van der Waals surface area (Å²) in [5, 5.41) is 21.4. The fraction of sp³-hybridized carbons (Fsp3) is 0.909. The zero-order valence-corrected chi connectivity index (χ0v) is 8.16. The lowest BCUT2D eigenvalue weighted by atomic mass is 9.48. The number of hydrogen-bond donors (Lipinski definition) is 1. The van der Waals surface area contributed by atoms with Crippen molar-refractivity contribution < 1.29 is 15.0 Å². The van der Waals surface area contributed by atoms with Crippen LogP contribution in [-0.4, -0.2) is 16.7 Å². The van der Waals surface area contributed by atoms with E-state index < -0.39 is 17.0 Å². The lowest BCUT2D eigenvalue weighted by Gasteiger charge is -2.58. The van der Waals surface area contributed by atoms with Crippen LogP contribution in [0.4, 0.5) is 0 Å². The van der Waals surface area contributed by atoms with E-state index >= 15 is 0 Å². The van der Waals surface area contributed by atoms with Crippen LogP contribution in [0.15, 0.2) is 0 Å². The van der Waals surface area contributed by atoms with Gasteiger partial charge in [0.25, 0.3) is 0 Å². The zero-order chi connectivity index (χ0) is 9.97. The van der Waals surface area contributed by atoms with Crippen molar-refractivity contribution in [2.45, 2.75) is 44.1 Å². The molecule has 0 saturated heterocycles. The summed E-state index contributed by atoms with van der Waals surface area (Å²) in [5.41, 5.74) is -1.36. The topological polar surface area (TPSA) is 57.2 Å². The van der Waals surface area contributed by atoms with E-state index in [4.69, 9.17) is 0 Å². The second kappa shape index (κ2) is 2.32. The minimum Gasteiger partial charge on any atom is -0.390 e. The summed E-state index contributed by atoms with van der Waals surface area (Å²) in [6.45, 7) is 0. The van der Waals surface area contributed by atoms with Gasteiger partial charge in [0.15, 0.2) is 0 Å². The maximum absolute atomic E-state index is 11.2. The van der Waals surface area contributed by atoms with E-state index in [0.29, 0.717) is 18.3 Å². The van der Waals surface area contributed by atoms with Gasteiger partial charge in [-0.1, -0.05) is 0 Å². The van der Waals surface area contributed by atoms with Crippen molar-refractivity contribution in [1.29, 1.82) is 0 Å². The van der Waals surface area contributed by atoms with Crippen LogP contribution in [0.3, 0.4) is 0 Å². The molecule has 3 heteroatoms. The highest BCUT2D eigenvalue weighted by Crippen LogP contribution is 2.61. The second-order valence-electron chi connectivity index (χ2n) is 5.75. The predicted octanol–water partition coefficient (Wildman–Crippen LogP) is 1.27. The van der Waals surface area contributed by atoms with Crippen molar-refractivity contribution in [3.63, 3.8) is 0 Å². The molecule has 4 bridgehead atoms. The minimum atomic E-state index is -0.926. The van der Waals surface area contributed by atoms with Gasteiger partial charge < -0.3 is 5.11 Å². The summed E-state index contributed by atoms with van der Waals surface area (Å²) in [4.78, 5) is 11.2. The van der Waals surface area contributed by atoms with Crippen LogP contribution >= 0.6 is 0 Å². The lowest BCUT2D eigenvalue weighted by molar-refractivity contribution is -0.196. The maximum atomic E-state index is 11.2. The Kier molecular flexibility index (Phi) is 1.45. The molecule has 14 heavy (non-hydrogen) atoms. The highest BCUT2D eigenvalue weighted by Gasteiger charge is 2.60. The van der Waals surface area contributed by atoms with Gasteiger partial charge in [-0.3, -0.25) is 0 Å². The van der Waals surface area contributed by atoms with Crippen LogP contribution < -0.4 is 0 Å². The Morgan fingerprint density at radius 1 is 1.14 bits per heavy atom. The molecule has 0 aromatic carbocycles. The van der Waals surface area contributed by atoms with Gasteiger partial charge >= 0.3 is 5.97 Å². The first-order valence-electron chi connectivity index (χ1n) is 5.45. The van der Waals surface area contributed by atoms with Crippen molar-refractivity contribution in [3.05, 3.63) is 0 Å². The molecule has 4 rings (SSSR count). The average Bonchev–Trinajstić information content (AvgIpc) is 1.98. The third-order valence-corrected chi connectivity index (χ3v) is 4.46. The summed E-state index contributed by atoms with van der Waals surface area (Å²) in [7, 11) is 0. The molecule has 3 nitrogen and oxygen atoms in total. The summed E-state index contributed by atoms with van der Waals surface area (Å²) < 4.78 is 0. The Balaban J connectivity index is 2.00. The van der Waals surface area contributed by atoms with E-state index in [1.54, 1.807) is 0 Å². The predicted molar refractivity (Wildman–Crippen MR) is 47.8 cm³/mol. The molecule has 1 N–H and O–H groups in total. The van der Waals surface area contributed by atoms with E-state index in [0.717, 1.165) is 32.1 Å². The molecular weight excluding hydrogens is 180 g/mol. The van der Waals surface area contributed by atoms with Crippen LogP contribution in [-0.2, 0) is 9.90 Å². The van der Waals surface area contributed by atoms with Crippen LogP contribution in [0.2, 0.25) is 0 Å². The molecule has 2 atom stereocenters. The largest absolute Gasteiger partial charge is 0.390 e. The third-order valence-electron chi connectivity index (χ3n) is 4.46. The molecule has 0 aromatic heterocycles. The Morgan fingerprint density at radius 3 is 2.14 bits per heavy atom. The van der Waals surface area contributed by atoms with E-state index in [2.05, 4.69) is 0 Å². The second-order valence-corrected chi connectivity index (χ2v) is 5.75. The first kappa shape index (κ1) is 8.72. The van der Waals surface area contributed by atoms with Gasteiger partial charge in [0.2, 0.25) is 0 Å². The smallest absolute Gasteiger partial charge is 0.361 e. The van der Waals surface area contributed by atoms with Gasteiger partial charge in [-0.25, -0.2) is 9.90 Å². The molecule has 4 aliphatic carbocycles. The lowest BCUT2D eigenvalue weighted by Crippen LogP contribution is -2.57. The Hall–Kier alpha value is -0.570. The van der Waals surface area contributed by atoms with E-state index in [9.17, 15) is 15.0 Å². The van der Waals surface area contributed by atoms with Crippen molar-refractivity contribution in [3.8, 4) is 0 Å². The van der Waals surface area contributed by atoms with Gasteiger partial charge in [0.05, 0.1) is 11.0 Å². The Bertz CT molecular complexity index is 283. The van der Waals surface area contributed by atoms with Gasteiger partial charge in [0, 0.05) is 0 Å². The van der Waals surface area contributed by atoms with Crippen LogP contribution in [0.25, 0.3) is 0 Å². The fourth-order valence-corrected chi connectivity index (χ4v) is 4.45. The first-order chi connectivity index (χ1) is 6.51. The molecule has 0 heterocycles. The molecule has 4 fully saturated rings. The number of carbonyl (C=O) groups is 1. The molecule has 77 valence electrons. The zero-order valence-electron chi connectivity index (χ0n) is 8.16. The molecule has 1 radical (unpaired) electrons. The standard InChI is InChI=1S/C11H15O3/c12-9(13)10-2-7-1-8(3-10)5-11(14,4-7)6-10/h7-8,14H,1-6H2. The number of rotatable bonds is 1. The normalized spacial score (nSPS) is 54.9. The van der Waals surface area contributed by atoms with Gasteiger partial charge in [-0.15, -0.1) is 0 Å². The summed E-state index contributed by atoms with van der Waals surface area (Å²) in [5.74, 6) is -0.0664. The molecule has 0 spiro atoms. The van der Waals surface area contributed by atoms with Gasteiger partial charge in [-0.05, 0) is 50.4 Å². The number of aliphatic hydroxyl groups is 1. The molecule has 4 saturated carbocycles. The van der Waals surface area contributed by atoms with E-state index in [1.807, 2.05) is 0 Å². The highest BCUT2D eigenvalue weighted by molar-refractivity contribution is 5.75. The number of hydrogen-bond acceptors (Lipinski definition) is 2. The van der Waals surface area contributed by atoms with E-state index in [1.165, 1.54) is 0 Å². The van der Waals surface area contributed by atoms with Crippen LogP contribution in [0, 0.1) is 17.3 Å². The monoisotopic (exact) mass is 195 g/mol. The third kappa shape index (κ3) is 0.991.